The Kier molecular flexibility index (Phi) is 10.1. The van der Waals surface area contributed by atoms with Gasteiger partial charge in [0.15, 0.2) is 0 Å². The topological polar surface area (TPSA) is 87.7 Å². The van der Waals surface area contributed by atoms with Crippen molar-refractivity contribution in [2.24, 2.45) is 0 Å². The predicted octanol–water partition coefficient (Wildman–Crippen LogP) is 6.72. The number of nitrogens with one attached hydrogen (secondary N) is 2. The lowest BCUT2D eigenvalue weighted by Crippen LogP contribution is -2.30. The fourth-order valence-corrected chi connectivity index (χ4v) is 4.61. The number of carboxylic acids is 1. The van der Waals surface area contributed by atoms with E-state index < -0.39 is 18.1 Å². The Balaban J connectivity index is 1.57. The van der Waals surface area contributed by atoms with E-state index in [9.17, 15) is 14.7 Å². The van der Waals surface area contributed by atoms with Crippen LogP contribution in [0.4, 0.5) is 10.5 Å². The second-order valence-corrected chi connectivity index (χ2v) is 9.47. The van der Waals surface area contributed by atoms with Gasteiger partial charge < -0.3 is 20.5 Å². The highest BCUT2D eigenvalue weighted by atomic mass is 79.9. The van der Waals surface area contributed by atoms with Crippen molar-refractivity contribution in [3.05, 3.63) is 111 Å². The minimum Gasteiger partial charge on any atom is -0.481 e. The zero-order valence-corrected chi connectivity index (χ0v) is 22.0. The zero-order chi connectivity index (χ0) is 25.9. The van der Waals surface area contributed by atoms with Crippen molar-refractivity contribution in [1.29, 1.82) is 0 Å². The number of amides is 1. The molecule has 36 heavy (non-hydrogen) atoms. The smallest absolute Gasteiger partial charge is 0.407 e. The van der Waals surface area contributed by atoms with Crippen LogP contribution in [0.3, 0.4) is 0 Å². The normalized spacial score (nSPS) is 11.8. The van der Waals surface area contributed by atoms with Crippen LogP contribution in [-0.2, 0) is 22.6 Å². The summed E-state index contributed by atoms with van der Waals surface area (Å²) in [6.45, 7) is 4.96. The van der Waals surface area contributed by atoms with Crippen LogP contribution < -0.4 is 10.6 Å². The van der Waals surface area contributed by atoms with E-state index in [1.807, 2.05) is 48.5 Å². The van der Waals surface area contributed by atoms with E-state index in [0.29, 0.717) is 12.1 Å². The minimum absolute atomic E-state index is 0.111. The average Bonchev–Trinajstić information content (AvgIpc) is 2.84. The highest BCUT2D eigenvalue weighted by molar-refractivity contribution is 9.10. The van der Waals surface area contributed by atoms with Crippen LogP contribution in [0, 0.1) is 13.8 Å². The Morgan fingerprint density at radius 1 is 1.00 bits per heavy atom. The second kappa shape index (κ2) is 13.5. The summed E-state index contributed by atoms with van der Waals surface area (Å²) in [4.78, 5) is 23.8. The number of carboxylic acid groups (broad SMARTS) is 1. The standard InChI is InChI=1S/C29H31BrN2O4/c1-20-15-24(30)16-21(2)26(20)13-6-7-14-31-25-12-8-11-23(17-25)27(18-28(33)34)32-29(35)36-19-22-9-4-3-5-10-22/h3-12,15-17,27,31H,13-14,18-19H2,1-2H3,(H,32,35)(H,33,34). The first-order chi connectivity index (χ1) is 17.3. The number of aliphatic carboxylic acids is 1. The van der Waals surface area contributed by atoms with Gasteiger partial charge >= 0.3 is 12.1 Å². The summed E-state index contributed by atoms with van der Waals surface area (Å²) >= 11 is 3.53. The van der Waals surface area contributed by atoms with Gasteiger partial charge in [0.05, 0.1) is 12.5 Å². The first kappa shape index (κ1) is 27.0. The van der Waals surface area contributed by atoms with E-state index in [1.54, 1.807) is 6.07 Å². The molecule has 1 unspecified atom stereocenters. The number of anilines is 1. The molecule has 1 atom stereocenters. The van der Waals surface area contributed by atoms with Gasteiger partial charge in [0.2, 0.25) is 0 Å². The summed E-state index contributed by atoms with van der Waals surface area (Å²) in [5, 5.41) is 15.4. The molecule has 0 aromatic heterocycles. The quantitative estimate of drug-likeness (QED) is 0.230. The predicted molar refractivity (Wildman–Crippen MR) is 146 cm³/mol. The Morgan fingerprint density at radius 2 is 1.72 bits per heavy atom. The van der Waals surface area contributed by atoms with Crippen molar-refractivity contribution in [2.45, 2.75) is 39.3 Å². The lowest BCUT2D eigenvalue weighted by atomic mass is 10.00. The fourth-order valence-electron chi connectivity index (χ4n) is 3.92. The number of carbonyl (C=O) groups excluding carboxylic acids is 1. The number of carbonyl (C=O) groups is 2. The summed E-state index contributed by atoms with van der Waals surface area (Å²) in [7, 11) is 0. The van der Waals surface area contributed by atoms with Gasteiger partial charge in [0.25, 0.3) is 0 Å². The zero-order valence-electron chi connectivity index (χ0n) is 20.5. The second-order valence-electron chi connectivity index (χ2n) is 8.56. The van der Waals surface area contributed by atoms with Gasteiger partial charge in [-0.05, 0) is 72.4 Å². The molecule has 0 radical (unpaired) electrons. The fraction of sp³-hybridized carbons (Fsp3) is 0.241. The summed E-state index contributed by atoms with van der Waals surface area (Å²) in [5.41, 5.74) is 6.20. The first-order valence-electron chi connectivity index (χ1n) is 11.8. The van der Waals surface area contributed by atoms with Crippen LogP contribution in [-0.4, -0.2) is 23.7 Å². The van der Waals surface area contributed by atoms with Crippen molar-refractivity contribution in [2.75, 3.05) is 11.9 Å². The maximum absolute atomic E-state index is 12.3. The molecule has 0 aliphatic heterocycles. The van der Waals surface area contributed by atoms with Gasteiger partial charge in [-0.25, -0.2) is 4.79 Å². The summed E-state index contributed by atoms with van der Waals surface area (Å²) in [6, 6.07) is 20.2. The molecule has 3 aromatic rings. The Labute approximate surface area is 220 Å². The van der Waals surface area contributed by atoms with Gasteiger partial charge in [-0.3, -0.25) is 4.79 Å². The molecule has 1 amide bonds. The highest BCUT2D eigenvalue weighted by Crippen LogP contribution is 2.22. The van der Waals surface area contributed by atoms with Crippen LogP contribution in [0.5, 0.6) is 0 Å². The molecule has 3 rings (SSSR count). The lowest BCUT2D eigenvalue weighted by Gasteiger charge is -2.18. The molecule has 0 saturated heterocycles. The highest BCUT2D eigenvalue weighted by Gasteiger charge is 2.19. The monoisotopic (exact) mass is 550 g/mol. The third kappa shape index (κ3) is 8.57. The Bertz CT molecular complexity index is 1190. The molecule has 0 bridgehead atoms. The molecule has 0 aliphatic carbocycles. The van der Waals surface area contributed by atoms with E-state index in [2.05, 4.69) is 64.7 Å². The number of benzene rings is 3. The van der Waals surface area contributed by atoms with E-state index >= 15 is 0 Å². The van der Waals surface area contributed by atoms with Gasteiger partial charge in [-0.15, -0.1) is 0 Å². The van der Waals surface area contributed by atoms with Crippen LogP contribution in [0.1, 0.15) is 40.3 Å². The third-order valence-corrected chi connectivity index (χ3v) is 6.20. The van der Waals surface area contributed by atoms with Gasteiger partial charge in [-0.1, -0.05) is 70.5 Å². The van der Waals surface area contributed by atoms with Crippen molar-refractivity contribution in [3.63, 3.8) is 0 Å². The SMILES string of the molecule is Cc1cc(Br)cc(C)c1CC=CCNc1cccc(C(CC(=O)O)NC(=O)OCc2ccccc2)c1. The molecular formula is C29H31BrN2O4. The van der Waals surface area contributed by atoms with Crippen molar-refractivity contribution in [3.8, 4) is 0 Å². The van der Waals surface area contributed by atoms with E-state index in [-0.39, 0.29) is 13.0 Å². The molecule has 3 aromatic carbocycles. The van der Waals surface area contributed by atoms with E-state index in [0.717, 1.165) is 22.1 Å². The van der Waals surface area contributed by atoms with Crippen molar-refractivity contribution in [1.82, 2.24) is 5.32 Å². The summed E-state index contributed by atoms with van der Waals surface area (Å²) < 4.78 is 6.36. The number of rotatable bonds is 11. The molecule has 0 aliphatic rings. The maximum Gasteiger partial charge on any atom is 0.407 e. The first-order valence-corrected chi connectivity index (χ1v) is 12.5. The van der Waals surface area contributed by atoms with Gasteiger partial charge in [0.1, 0.15) is 6.61 Å². The summed E-state index contributed by atoms with van der Waals surface area (Å²) in [6.07, 6.45) is 4.14. The molecule has 7 heteroatoms. The molecular weight excluding hydrogens is 520 g/mol. The molecule has 0 heterocycles. The molecule has 6 nitrogen and oxygen atoms in total. The van der Waals surface area contributed by atoms with E-state index in [1.165, 1.54) is 16.7 Å². The van der Waals surface area contributed by atoms with Gasteiger partial charge in [0, 0.05) is 16.7 Å². The lowest BCUT2D eigenvalue weighted by molar-refractivity contribution is -0.137. The van der Waals surface area contributed by atoms with Gasteiger partial charge in [-0.2, -0.15) is 0 Å². The number of halogens is 1. The number of ether oxygens (including phenoxy) is 1. The Morgan fingerprint density at radius 3 is 2.42 bits per heavy atom. The third-order valence-electron chi connectivity index (χ3n) is 5.75. The molecule has 188 valence electrons. The summed E-state index contributed by atoms with van der Waals surface area (Å²) in [5.74, 6) is -1.01. The van der Waals surface area contributed by atoms with E-state index in [4.69, 9.17) is 4.74 Å². The molecule has 0 saturated carbocycles. The minimum atomic E-state index is -1.01. The number of hydrogen-bond donors (Lipinski definition) is 3. The molecule has 3 N–H and O–H groups in total. The maximum atomic E-state index is 12.3. The molecule has 0 fully saturated rings. The number of aryl methyl sites for hydroxylation is 2. The Hall–Kier alpha value is -3.58. The molecule has 0 spiro atoms. The number of alkyl carbamates (subject to hydrolysis) is 1. The van der Waals surface area contributed by atoms with Crippen LogP contribution in [0.15, 0.2) is 83.4 Å². The van der Waals surface area contributed by atoms with Crippen LogP contribution >= 0.6 is 15.9 Å². The van der Waals surface area contributed by atoms with Crippen LogP contribution in [0.25, 0.3) is 0 Å². The van der Waals surface area contributed by atoms with Crippen molar-refractivity contribution >= 4 is 33.7 Å². The number of allylic oxidation sites excluding steroid dienone is 1. The van der Waals surface area contributed by atoms with Crippen LogP contribution in [0.2, 0.25) is 0 Å². The largest absolute Gasteiger partial charge is 0.481 e. The van der Waals surface area contributed by atoms with Crippen molar-refractivity contribution < 1.29 is 19.4 Å². The average molecular weight is 551 g/mol. The number of hydrogen-bond acceptors (Lipinski definition) is 4.